The van der Waals surface area contributed by atoms with Gasteiger partial charge in [-0.3, -0.25) is 9.89 Å². The first kappa shape index (κ1) is 14.6. The second-order valence-electron chi connectivity index (χ2n) is 5.65. The number of phenols is 1. The van der Waals surface area contributed by atoms with Crippen LogP contribution in [-0.4, -0.2) is 38.5 Å². The molecule has 2 atom stereocenters. The van der Waals surface area contributed by atoms with E-state index in [4.69, 9.17) is 0 Å². The molecule has 2 aromatic rings. The second kappa shape index (κ2) is 6.19. The topological polar surface area (TPSA) is 98.2 Å². The van der Waals surface area contributed by atoms with Crippen LogP contribution in [0.3, 0.4) is 0 Å². The van der Waals surface area contributed by atoms with E-state index in [1.807, 2.05) is 0 Å². The summed E-state index contributed by atoms with van der Waals surface area (Å²) in [6.45, 7) is 0. The van der Waals surface area contributed by atoms with E-state index >= 15 is 0 Å². The van der Waals surface area contributed by atoms with Crippen molar-refractivity contribution in [2.24, 2.45) is 0 Å². The summed E-state index contributed by atoms with van der Waals surface area (Å²) in [6.07, 6.45) is 3.07. The molecule has 116 valence electrons. The van der Waals surface area contributed by atoms with Gasteiger partial charge in [-0.05, 0) is 43.2 Å². The quantitative estimate of drug-likeness (QED) is 0.695. The molecule has 1 aromatic carbocycles. The monoisotopic (exact) mass is 301 g/mol. The Labute approximate surface area is 128 Å². The predicted octanol–water partition coefficient (Wildman–Crippen LogP) is 1.82. The fraction of sp³-hybridized carbons (Fsp3) is 0.375. The molecular weight excluding hydrogens is 282 g/mol. The van der Waals surface area contributed by atoms with Crippen LogP contribution in [0, 0.1) is 0 Å². The third-order valence-electron chi connectivity index (χ3n) is 4.03. The maximum atomic E-state index is 12.2. The van der Waals surface area contributed by atoms with Crippen molar-refractivity contribution in [2.75, 3.05) is 0 Å². The zero-order valence-corrected chi connectivity index (χ0v) is 12.1. The van der Waals surface area contributed by atoms with Crippen molar-refractivity contribution < 1.29 is 15.0 Å². The van der Waals surface area contributed by atoms with E-state index in [1.54, 1.807) is 30.3 Å². The normalized spacial score (nSPS) is 21.5. The Morgan fingerprint density at radius 1 is 1.23 bits per heavy atom. The van der Waals surface area contributed by atoms with Gasteiger partial charge in [0, 0.05) is 5.56 Å². The minimum Gasteiger partial charge on any atom is -0.508 e. The van der Waals surface area contributed by atoms with Crippen LogP contribution in [-0.2, 0) is 0 Å². The average molecular weight is 301 g/mol. The molecule has 22 heavy (non-hydrogen) atoms. The lowest BCUT2D eigenvalue weighted by Crippen LogP contribution is -2.45. The van der Waals surface area contributed by atoms with Gasteiger partial charge < -0.3 is 15.5 Å². The maximum Gasteiger partial charge on any atom is 0.269 e. The molecule has 0 spiro atoms. The number of hydrogen-bond donors (Lipinski definition) is 4. The Morgan fingerprint density at radius 2 is 1.95 bits per heavy atom. The van der Waals surface area contributed by atoms with Gasteiger partial charge >= 0.3 is 0 Å². The number of H-pyrrole nitrogens is 1. The van der Waals surface area contributed by atoms with Gasteiger partial charge in [-0.15, -0.1) is 0 Å². The number of aromatic amines is 1. The standard InChI is InChI=1S/C16H19N3O3/c20-11-7-5-10(6-8-11)13-9-14(19-18-13)16(22)17-12-3-1-2-4-15(12)21/h5-9,12,15,20-21H,1-4H2,(H,17,22)(H,18,19)/t12-,15-/m1/s1. The van der Waals surface area contributed by atoms with Gasteiger partial charge in [-0.2, -0.15) is 5.10 Å². The van der Waals surface area contributed by atoms with E-state index in [2.05, 4.69) is 15.5 Å². The highest BCUT2D eigenvalue weighted by Crippen LogP contribution is 2.21. The highest BCUT2D eigenvalue weighted by molar-refractivity contribution is 5.93. The molecular formula is C16H19N3O3. The number of aliphatic hydroxyl groups is 1. The first-order chi connectivity index (χ1) is 10.6. The van der Waals surface area contributed by atoms with Gasteiger partial charge in [0.15, 0.2) is 0 Å². The van der Waals surface area contributed by atoms with Crippen molar-refractivity contribution >= 4 is 5.91 Å². The van der Waals surface area contributed by atoms with Gasteiger partial charge in [0.2, 0.25) is 0 Å². The number of aromatic hydroxyl groups is 1. The third-order valence-corrected chi connectivity index (χ3v) is 4.03. The van der Waals surface area contributed by atoms with E-state index in [9.17, 15) is 15.0 Å². The Kier molecular flexibility index (Phi) is 4.11. The molecule has 6 heteroatoms. The van der Waals surface area contributed by atoms with Crippen molar-refractivity contribution in [3.63, 3.8) is 0 Å². The molecule has 3 rings (SSSR count). The highest BCUT2D eigenvalue weighted by atomic mass is 16.3. The van der Waals surface area contributed by atoms with Crippen LogP contribution in [0.15, 0.2) is 30.3 Å². The molecule has 1 amide bonds. The van der Waals surface area contributed by atoms with Crippen molar-refractivity contribution in [3.8, 4) is 17.0 Å². The molecule has 0 bridgehead atoms. The number of aromatic nitrogens is 2. The number of rotatable bonds is 3. The number of carbonyl (C=O) groups excluding carboxylic acids is 1. The first-order valence-corrected chi connectivity index (χ1v) is 7.47. The van der Waals surface area contributed by atoms with Crippen LogP contribution in [0.2, 0.25) is 0 Å². The highest BCUT2D eigenvalue weighted by Gasteiger charge is 2.25. The number of benzene rings is 1. The summed E-state index contributed by atoms with van der Waals surface area (Å²) in [5, 5.41) is 28.9. The van der Waals surface area contributed by atoms with Crippen LogP contribution in [0.4, 0.5) is 0 Å². The Bertz CT molecular complexity index is 651. The molecule has 1 heterocycles. The second-order valence-corrected chi connectivity index (χ2v) is 5.65. The van der Waals surface area contributed by atoms with E-state index in [1.165, 1.54) is 0 Å². The van der Waals surface area contributed by atoms with E-state index in [0.717, 1.165) is 31.2 Å². The Morgan fingerprint density at radius 3 is 2.68 bits per heavy atom. The molecule has 1 aromatic heterocycles. The van der Waals surface area contributed by atoms with Crippen LogP contribution >= 0.6 is 0 Å². The lowest BCUT2D eigenvalue weighted by atomic mass is 9.92. The minimum atomic E-state index is -0.475. The molecule has 1 aliphatic carbocycles. The predicted molar refractivity (Wildman–Crippen MR) is 81.4 cm³/mol. The number of amides is 1. The van der Waals surface area contributed by atoms with Crippen LogP contribution < -0.4 is 5.32 Å². The van der Waals surface area contributed by atoms with E-state index < -0.39 is 6.10 Å². The van der Waals surface area contributed by atoms with E-state index in [-0.39, 0.29) is 17.7 Å². The van der Waals surface area contributed by atoms with Gasteiger partial charge in [-0.1, -0.05) is 12.8 Å². The van der Waals surface area contributed by atoms with Crippen LogP contribution in [0.1, 0.15) is 36.2 Å². The number of carbonyl (C=O) groups is 1. The summed E-state index contributed by atoms with van der Waals surface area (Å²) in [5.74, 6) is -0.0768. The number of aliphatic hydroxyl groups excluding tert-OH is 1. The van der Waals surface area contributed by atoms with E-state index in [0.29, 0.717) is 11.4 Å². The Balaban J connectivity index is 1.70. The van der Waals surface area contributed by atoms with Crippen LogP contribution in [0.25, 0.3) is 11.3 Å². The molecule has 6 nitrogen and oxygen atoms in total. The number of phenolic OH excluding ortho intramolecular Hbond substituents is 1. The SMILES string of the molecule is O=C(N[C@@H]1CCCC[C@H]1O)c1cc(-c2ccc(O)cc2)n[nH]1. The van der Waals surface area contributed by atoms with Gasteiger partial charge in [0.05, 0.1) is 17.8 Å². The molecule has 0 radical (unpaired) electrons. The molecule has 1 fully saturated rings. The summed E-state index contributed by atoms with van der Waals surface area (Å²) < 4.78 is 0. The van der Waals surface area contributed by atoms with Gasteiger partial charge in [0.1, 0.15) is 11.4 Å². The smallest absolute Gasteiger partial charge is 0.269 e. The fourth-order valence-corrected chi connectivity index (χ4v) is 2.74. The minimum absolute atomic E-state index is 0.184. The van der Waals surface area contributed by atoms with Crippen molar-refractivity contribution in [3.05, 3.63) is 36.0 Å². The zero-order chi connectivity index (χ0) is 15.5. The lowest BCUT2D eigenvalue weighted by Gasteiger charge is -2.28. The number of hydrogen-bond acceptors (Lipinski definition) is 4. The largest absolute Gasteiger partial charge is 0.508 e. The number of nitrogens with zero attached hydrogens (tertiary/aromatic N) is 1. The average Bonchev–Trinajstić information content (AvgIpc) is 3.00. The summed E-state index contributed by atoms with van der Waals surface area (Å²) in [7, 11) is 0. The molecule has 0 unspecified atom stereocenters. The van der Waals surface area contributed by atoms with Crippen molar-refractivity contribution in [1.29, 1.82) is 0 Å². The summed E-state index contributed by atoms with van der Waals surface area (Å²) in [5.41, 5.74) is 1.81. The van der Waals surface area contributed by atoms with Crippen molar-refractivity contribution in [2.45, 2.75) is 37.8 Å². The molecule has 4 N–H and O–H groups in total. The van der Waals surface area contributed by atoms with Crippen LogP contribution in [0.5, 0.6) is 5.75 Å². The third kappa shape index (κ3) is 3.12. The molecule has 0 saturated heterocycles. The zero-order valence-electron chi connectivity index (χ0n) is 12.1. The summed E-state index contributed by atoms with van der Waals surface area (Å²) in [4.78, 5) is 12.2. The molecule has 0 aliphatic heterocycles. The molecule has 1 aliphatic rings. The summed E-state index contributed by atoms with van der Waals surface area (Å²) in [6, 6.07) is 8.08. The number of nitrogens with one attached hydrogen (secondary N) is 2. The van der Waals surface area contributed by atoms with Gasteiger partial charge in [-0.25, -0.2) is 0 Å². The summed E-state index contributed by atoms with van der Waals surface area (Å²) >= 11 is 0. The lowest BCUT2D eigenvalue weighted by molar-refractivity contribution is 0.0714. The van der Waals surface area contributed by atoms with Crippen molar-refractivity contribution in [1.82, 2.24) is 15.5 Å². The first-order valence-electron chi connectivity index (χ1n) is 7.47. The van der Waals surface area contributed by atoms with Gasteiger partial charge in [0.25, 0.3) is 5.91 Å². The Hall–Kier alpha value is -2.34. The molecule has 1 saturated carbocycles. The maximum absolute atomic E-state index is 12.2. The fourth-order valence-electron chi connectivity index (χ4n) is 2.74.